The van der Waals surface area contributed by atoms with Crippen LogP contribution in [0.2, 0.25) is 5.02 Å². The second-order valence-corrected chi connectivity index (χ2v) is 5.45. The first-order valence-electron chi connectivity index (χ1n) is 5.44. The largest absolute Gasteiger partial charge is 0.396 e. The van der Waals surface area contributed by atoms with Crippen LogP contribution in [0.1, 0.15) is 37.3 Å². The van der Waals surface area contributed by atoms with Crippen molar-refractivity contribution in [2.75, 3.05) is 6.61 Å². The second-order valence-electron chi connectivity index (χ2n) is 5.05. The van der Waals surface area contributed by atoms with Crippen molar-refractivity contribution in [2.45, 2.75) is 32.6 Å². The summed E-state index contributed by atoms with van der Waals surface area (Å²) in [5, 5.41) is 10.3. The molecule has 0 radical (unpaired) electrons. The third kappa shape index (κ3) is 1.79. The quantitative estimate of drug-likeness (QED) is 0.817. The Morgan fingerprint density at radius 1 is 1.47 bits per heavy atom. The Morgan fingerprint density at radius 2 is 2.20 bits per heavy atom. The Balaban J connectivity index is 2.41. The third-order valence-corrected chi connectivity index (χ3v) is 3.92. The molecule has 0 aromatic heterocycles. The molecule has 1 aromatic rings. The molecular weight excluding hydrogens is 208 g/mol. The molecule has 82 valence electrons. The predicted octanol–water partition coefficient (Wildman–Crippen LogP) is 3.39. The minimum absolute atomic E-state index is 0.0457. The summed E-state index contributed by atoms with van der Waals surface area (Å²) in [6.45, 7) is 4.46. The zero-order valence-electron chi connectivity index (χ0n) is 9.26. The van der Waals surface area contributed by atoms with E-state index in [0.29, 0.717) is 5.92 Å². The molecule has 1 nitrogen and oxygen atoms in total. The van der Waals surface area contributed by atoms with Gasteiger partial charge in [0.15, 0.2) is 0 Å². The molecule has 0 bridgehead atoms. The van der Waals surface area contributed by atoms with E-state index in [1.54, 1.807) is 0 Å². The monoisotopic (exact) mass is 224 g/mol. The van der Waals surface area contributed by atoms with Crippen LogP contribution in [0.4, 0.5) is 0 Å². The van der Waals surface area contributed by atoms with Crippen LogP contribution in [-0.2, 0) is 6.42 Å². The first-order valence-corrected chi connectivity index (χ1v) is 5.82. The molecule has 1 aromatic carbocycles. The molecule has 2 heteroatoms. The van der Waals surface area contributed by atoms with E-state index in [4.69, 9.17) is 11.6 Å². The predicted molar refractivity (Wildman–Crippen MR) is 63.4 cm³/mol. The van der Waals surface area contributed by atoms with Gasteiger partial charge in [0.2, 0.25) is 0 Å². The fraction of sp³-hybridized carbons (Fsp3) is 0.538. The van der Waals surface area contributed by atoms with Gasteiger partial charge in [-0.15, -0.1) is 0 Å². The van der Waals surface area contributed by atoms with Gasteiger partial charge in [0, 0.05) is 11.6 Å². The van der Waals surface area contributed by atoms with E-state index in [-0.39, 0.29) is 12.0 Å². The molecule has 0 amide bonds. The van der Waals surface area contributed by atoms with Crippen LogP contribution >= 0.6 is 11.6 Å². The standard InChI is InChI=1S/C13H17ClO/c1-13(2,8-15)11-7-6-10-9(11)4-3-5-12(10)14/h3-5,11,15H,6-8H2,1-2H3. The van der Waals surface area contributed by atoms with Crippen molar-refractivity contribution >= 4 is 11.6 Å². The number of hydrogen-bond acceptors (Lipinski definition) is 1. The van der Waals surface area contributed by atoms with E-state index in [2.05, 4.69) is 19.9 Å². The molecule has 0 fully saturated rings. The molecule has 0 saturated carbocycles. The summed E-state index contributed by atoms with van der Waals surface area (Å²) in [4.78, 5) is 0. The van der Waals surface area contributed by atoms with E-state index in [0.717, 1.165) is 17.9 Å². The fourth-order valence-corrected chi connectivity index (χ4v) is 2.81. The van der Waals surface area contributed by atoms with Crippen molar-refractivity contribution in [3.8, 4) is 0 Å². The first-order chi connectivity index (χ1) is 7.06. The smallest absolute Gasteiger partial charge is 0.0487 e. The average molecular weight is 225 g/mol. The van der Waals surface area contributed by atoms with Crippen molar-refractivity contribution in [1.29, 1.82) is 0 Å². The van der Waals surface area contributed by atoms with Crippen molar-refractivity contribution in [3.05, 3.63) is 34.3 Å². The van der Waals surface area contributed by atoms with Crippen molar-refractivity contribution in [3.63, 3.8) is 0 Å². The Morgan fingerprint density at radius 3 is 2.87 bits per heavy atom. The summed E-state index contributed by atoms with van der Waals surface area (Å²) >= 11 is 6.17. The van der Waals surface area contributed by atoms with Gasteiger partial charge in [-0.25, -0.2) is 0 Å². The molecule has 1 atom stereocenters. The summed E-state index contributed by atoms with van der Waals surface area (Å²) < 4.78 is 0. The highest BCUT2D eigenvalue weighted by Gasteiger charge is 2.35. The number of rotatable bonds is 2. The lowest BCUT2D eigenvalue weighted by Gasteiger charge is -2.30. The maximum atomic E-state index is 9.42. The maximum Gasteiger partial charge on any atom is 0.0487 e. The van der Waals surface area contributed by atoms with Crippen LogP contribution in [0.25, 0.3) is 0 Å². The van der Waals surface area contributed by atoms with Crippen LogP contribution in [-0.4, -0.2) is 11.7 Å². The van der Waals surface area contributed by atoms with Gasteiger partial charge in [-0.05, 0) is 41.4 Å². The van der Waals surface area contributed by atoms with Gasteiger partial charge < -0.3 is 5.11 Å². The van der Waals surface area contributed by atoms with Crippen LogP contribution in [0.3, 0.4) is 0 Å². The van der Waals surface area contributed by atoms with E-state index >= 15 is 0 Å². The number of fused-ring (bicyclic) bond motifs is 1. The summed E-state index contributed by atoms with van der Waals surface area (Å²) in [5.41, 5.74) is 2.57. The Labute approximate surface area is 96.1 Å². The third-order valence-electron chi connectivity index (χ3n) is 3.56. The minimum Gasteiger partial charge on any atom is -0.396 e. The molecule has 1 aliphatic rings. The van der Waals surface area contributed by atoms with Crippen LogP contribution in [0, 0.1) is 5.41 Å². The van der Waals surface area contributed by atoms with Crippen molar-refractivity contribution in [1.82, 2.24) is 0 Å². The molecule has 2 rings (SSSR count). The van der Waals surface area contributed by atoms with Gasteiger partial charge >= 0.3 is 0 Å². The topological polar surface area (TPSA) is 20.2 Å². The van der Waals surface area contributed by atoms with Crippen LogP contribution in [0.15, 0.2) is 18.2 Å². The van der Waals surface area contributed by atoms with E-state index in [9.17, 15) is 5.11 Å². The zero-order chi connectivity index (χ0) is 11.1. The van der Waals surface area contributed by atoms with E-state index < -0.39 is 0 Å². The molecule has 1 aliphatic carbocycles. The molecule has 1 unspecified atom stereocenters. The summed E-state index contributed by atoms with van der Waals surface area (Å²) in [6, 6.07) is 6.11. The lowest BCUT2D eigenvalue weighted by atomic mass is 9.76. The second kappa shape index (κ2) is 3.80. The molecule has 0 spiro atoms. The highest BCUT2D eigenvalue weighted by Crippen LogP contribution is 2.46. The molecule has 1 N–H and O–H groups in total. The van der Waals surface area contributed by atoms with Gasteiger partial charge in [0.1, 0.15) is 0 Å². The molecule has 0 aliphatic heterocycles. The SMILES string of the molecule is CC(C)(CO)C1CCc2c(Cl)cccc21. The number of aliphatic hydroxyl groups excluding tert-OH is 1. The number of benzene rings is 1. The zero-order valence-corrected chi connectivity index (χ0v) is 10.0. The van der Waals surface area contributed by atoms with E-state index in [1.807, 2.05) is 12.1 Å². The van der Waals surface area contributed by atoms with Crippen molar-refractivity contribution < 1.29 is 5.11 Å². The van der Waals surface area contributed by atoms with Gasteiger partial charge in [0.05, 0.1) is 0 Å². The van der Waals surface area contributed by atoms with E-state index in [1.165, 1.54) is 11.1 Å². The lowest BCUT2D eigenvalue weighted by molar-refractivity contribution is 0.130. The summed E-state index contributed by atoms with van der Waals surface area (Å²) in [6.07, 6.45) is 2.15. The Hall–Kier alpha value is -0.530. The molecule has 0 heterocycles. The number of aliphatic hydroxyl groups is 1. The fourth-order valence-electron chi connectivity index (χ4n) is 2.53. The Kier molecular flexibility index (Phi) is 2.78. The van der Waals surface area contributed by atoms with Gasteiger partial charge in [-0.3, -0.25) is 0 Å². The van der Waals surface area contributed by atoms with Crippen LogP contribution in [0.5, 0.6) is 0 Å². The number of halogens is 1. The Bertz CT molecular complexity index is 371. The highest BCUT2D eigenvalue weighted by atomic mass is 35.5. The van der Waals surface area contributed by atoms with Crippen LogP contribution < -0.4 is 0 Å². The lowest BCUT2D eigenvalue weighted by Crippen LogP contribution is -2.24. The number of hydrogen-bond donors (Lipinski definition) is 1. The molecular formula is C13H17ClO. The molecule has 0 saturated heterocycles. The van der Waals surface area contributed by atoms with Gasteiger partial charge in [-0.2, -0.15) is 0 Å². The average Bonchev–Trinajstić information content (AvgIpc) is 2.63. The molecule has 15 heavy (non-hydrogen) atoms. The first kappa shape index (κ1) is 11.0. The van der Waals surface area contributed by atoms with Crippen molar-refractivity contribution in [2.24, 2.45) is 5.41 Å². The minimum atomic E-state index is -0.0457. The summed E-state index contributed by atoms with van der Waals surface area (Å²) in [5.74, 6) is 0.441. The highest BCUT2D eigenvalue weighted by molar-refractivity contribution is 6.31. The normalized spacial score (nSPS) is 20.4. The van der Waals surface area contributed by atoms with Gasteiger partial charge in [0.25, 0.3) is 0 Å². The summed E-state index contributed by atoms with van der Waals surface area (Å²) in [7, 11) is 0. The van der Waals surface area contributed by atoms with Gasteiger partial charge in [-0.1, -0.05) is 37.6 Å². The maximum absolute atomic E-state index is 9.42.